The van der Waals surface area contributed by atoms with Gasteiger partial charge in [-0.2, -0.15) is 0 Å². The van der Waals surface area contributed by atoms with Crippen molar-refractivity contribution in [2.45, 2.75) is 97.2 Å². The Morgan fingerprint density at radius 2 is 1.52 bits per heavy atom. The van der Waals surface area contributed by atoms with Gasteiger partial charge in [-0.25, -0.2) is 0 Å². The highest BCUT2D eigenvalue weighted by molar-refractivity contribution is 5.80. The molecule has 3 aliphatic rings. The van der Waals surface area contributed by atoms with E-state index < -0.39 is 0 Å². The minimum Gasteiger partial charge on any atom is -0.381 e. The Kier molecular flexibility index (Phi) is 14.2. The molecule has 3 nitrogen and oxygen atoms in total. The van der Waals surface area contributed by atoms with E-state index in [1.165, 1.54) is 38.5 Å². The highest BCUT2D eigenvalue weighted by Gasteiger charge is 2.12. The van der Waals surface area contributed by atoms with Crippen LogP contribution in [-0.2, 0) is 14.3 Å². The van der Waals surface area contributed by atoms with E-state index in [1.807, 2.05) is 13.8 Å². The Bertz CT molecular complexity index is 221. The summed E-state index contributed by atoms with van der Waals surface area (Å²) in [4.78, 5) is 10.2. The molecule has 2 aliphatic carbocycles. The second kappa shape index (κ2) is 14.5. The minimum absolute atomic E-state index is 0.454. The maximum atomic E-state index is 10.2. The van der Waals surface area contributed by atoms with Crippen LogP contribution in [0, 0.1) is 0 Å². The third-order valence-corrected chi connectivity index (χ3v) is 3.95. The predicted molar refractivity (Wildman–Crippen MR) is 88.7 cm³/mol. The lowest BCUT2D eigenvalue weighted by Gasteiger charge is -2.02. The first kappa shape index (κ1) is 20.6. The first-order valence-electron chi connectivity index (χ1n) is 8.88. The number of carbonyl (C=O) groups is 1. The van der Waals surface area contributed by atoms with Gasteiger partial charge in [0.05, 0.1) is 12.2 Å². The lowest BCUT2D eigenvalue weighted by atomic mass is 10.3. The zero-order chi connectivity index (χ0) is 15.9. The number of ketones is 1. The van der Waals surface area contributed by atoms with E-state index in [9.17, 15) is 4.79 Å². The molecule has 0 radical (unpaired) electrons. The van der Waals surface area contributed by atoms with Crippen LogP contribution >= 0.6 is 0 Å². The second-order valence-electron chi connectivity index (χ2n) is 5.71. The normalized spacial score (nSPS) is 24.4. The quantitative estimate of drug-likeness (QED) is 0.689. The number of Topliss-reactive ketones (excluding diaryl/α,β-unsaturated/α-hetero) is 1. The molecule has 1 aliphatic heterocycles. The van der Waals surface area contributed by atoms with Gasteiger partial charge in [0.15, 0.2) is 0 Å². The van der Waals surface area contributed by atoms with Crippen molar-refractivity contribution in [2.24, 2.45) is 0 Å². The molecule has 21 heavy (non-hydrogen) atoms. The molecule has 3 heteroatoms. The fourth-order valence-corrected chi connectivity index (χ4v) is 2.63. The number of ether oxygens (including phenoxy) is 2. The first-order valence-corrected chi connectivity index (χ1v) is 8.88. The molecule has 3 fully saturated rings. The maximum absolute atomic E-state index is 10.2. The molecule has 0 amide bonds. The molecule has 126 valence electrons. The van der Waals surface area contributed by atoms with Crippen LogP contribution in [-0.4, -0.2) is 31.7 Å². The molecule has 0 aromatic rings. The molecule has 2 saturated carbocycles. The highest BCUT2D eigenvalue weighted by Crippen LogP contribution is 2.19. The Morgan fingerprint density at radius 1 is 0.952 bits per heavy atom. The third-order valence-electron chi connectivity index (χ3n) is 3.95. The molecule has 1 heterocycles. The summed E-state index contributed by atoms with van der Waals surface area (Å²) in [6.45, 7) is 7.11. The second-order valence-corrected chi connectivity index (χ2v) is 5.71. The van der Waals surface area contributed by atoms with Gasteiger partial charge < -0.3 is 9.47 Å². The van der Waals surface area contributed by atoms with Crippen molar-refractivity contribution in [1.29, 1.82) is 0 Å². The van der Waals surface area contributed by atoms with Gasteiger partial charge in [-0.3, -0.25) is 4.79 Å². The summed E-state index contributed by atoms with van der Waals surface area (Å²) in [5, 5.41) is 0. The zero-order valence-electron chi connectivity index (χ0n) is 14.7. The first-order chi connectivity index (χ1) is 10.2. The standard InChI is InChI=1S/C6H12O.C5H10O.C5H8O.C2H6/c1-7-6-4-2-3-5-6;1-5-3-2-4-6-5;6-5-3-1-2-4-5;1-2/h6H,2-5H2,1H3;5H,2-4H2,1H3;1-4H2;1-2H3. The average Bonchev–Trinajstić information content (AvgIpc) is 3.25. The van der Waals surface area contributed by atoms with Crippen LogP contribution in [0.25, 0.3) is 0 Å². The van der Waals surface area contributed by atoms with Gasteiger partial charge >= 0.3 is 0 Å². The van der Waals surface area contributed by atoms with E-state index in [0.717, 1.165) is 32.3 Å². The number of hydrogen-bond acceptors (Lipinski definition) is 3. The molecule has 1 unspecified atom stereocenters. The van der Waals surface area contributed by atoms with Crippen molar-refractivity contribution in [3.63, 3.8) is 0 Å². The zero-order valence-corrected chi connectivity index (χ0v) is 14.7. The molecule has 0 aromatic heterocycles. The van der Waals surface area contributed by atoms with Gasteiger partial charge in [-0.05, 0) is 45.4 Å². The van der Waals surface area contributed by atoms with Gasteiger partial charge in [-0.1, -0.05) is 26.7 Å². The number of rotatable bonds is 1. The van der Waals surface area contributed by atoms with E-state index >= 15 is 0 Å². The molecule has 0 aromatic carbocycles. The Hall–Kier alpha value is -0.410. The molecule has 1 atom stereocenters. The van der Waals surface area contributed by atoms with Crippen molar-refractivity contribution in [1.82, 2.24) is 0 Å². The van der Waals surface area contributed by atoms with Gasteiger partial charge in [-0.15, -0.1) is 0 Å². The third kappa shape index (κ3) is 11.9. The molecular formula is C18H36O3. The topological polar surface area (TPSA) is 35.5 Å². The van der Waals surface area contributed by atoms with Crippen LogP contribution in [0.5, 0.6) is 0 Å². The monoisotopic (exact) mass is 300 g/mol. The van der Waals surface area contributed by atoms with Crippen LogP contribution in [0.1, 0.15) is 85.0 Å². The smallest absolute Gasteiger partial charge is 0.132 e. The van der Waals surface area contributed by atoms with E-state index in [1.54, 1.807) is 7.11 Å². The molecular weight excluding hydrogens is 264 g/mol. The number of methoxy groups -OCH3 is 1. The van der Waals surface area contributed by atoms with Crippen LogP contribution in [0.4, 0.5) is 0 Å². The Labute approximate surface area is 131 Å². The summed E-state index contributed by atoms with van der Waals surface area (Å²) in [6, 6.07) is 0. The van der Waals surface area contributed by atoms with E-state index in [4.69, 9.17) is 9.47 Å². The molecule has 1 saturated heterocycles. The van der Waals surface area contributed by atoms with Crippen molar-refractivity contribution in [3.8, 4) is 0 Å². The van der Waals surface area contributed by atoms with Gasteiger partial charge in [0, 0.05) is 26.6 Å². The summed E-state index contributed by atoms with van der Waals surface area (Å²) in [5.74, 6) is 0.454. The van der Waals surface area contributed by atoms with E-state index in [0.29, 0.717) is 18.0 Å². The van der Waals surface area contributed by atoms with Crippen LogP contribution in [0.3, 0.4) is 0 Å². The molecule has 0 N–H and O–H groups in total. The van der Waals surface area contributed by atoms with Crippen molar-refractivity contribution in [3.05, 3.63) is 0 Å². The lowest BCUT2D eigenvalue weighted by molar-refractivity contribution is -0.117. The highest BCUT2D eigenvalue weighted by atomic mass is 16.5. The summed E-state index contributed by atoms with van der Waals surface area (Å²) >= 11 is 0. The predicted octanol–water partition coefficient (Wildman–Crippen LogP) is 4.92. The number of carbonyl (C=O) groups excluding carboxylic acids is 1. The van der Waals surface area contributed by atoms with Crippen LogP contribution in [0.15, 0.2) is 0 Å². The lowest BCUT2D eigenvalue weighted by Crippen LogP contribution is -2.01. The van der Waals surface area contributed by atoms with Gasteiger partial charge in [0.2, 0.25) is 0 Å². The average molecular weight is 300 g/mol. The molecule has 0 bridgehead atoms. The fraction of sp³-hybridized carbons (Fsp3) is 0.944. The van der Waals surface area contributed by atoms with Crippen LogP contribution in [0.2, 0.25) is 0 Å². The SMILES string of the molecule is CC.CC1CCCO1.COC1CCCC1.O=C1CCCC1. The largest absolute Gasteiger partial charge is 0.381 e. The van der Waals surface area contributed by atoms with Crippen molar-refractivity contribution in [2.75, 3.05) is 13.7 Å². The summed E-state index contributed by atoms with van der Waals surface area (Å²) < 4.78 is 10.3. The maximum Gasteiger partial charge on any atom is 0.132 e. The van der Waals surface area contributed by atoms with Crippen molar-refractivity contribution < 1.29 is 14.3 Å². The number of hydrogen-bond donors (Lipinski definition) is 0. The van der Waals surface area contributed by atoms with Gasteiger partial charge in [0.25, 0.3) is 0 Å². The summed E-state index contributed by atoms with van der Waals surface area (Å²) in [5.41, 5.74) is 0. The summed E-state index contributed by atoms with van der Waals surface area (Å²) in [7, 11) is 1.80. The van der Waals surface area contributed by atoms with E-state index in [2.05, 4.69) is 6.92 Å². The van der Waals surface area contributed by atoms with Gasteiger partial charge in [0.1, 0.15) is 5.78 Å². The Morgan fingerprint density at radius 3 is 1.71 bits per heavy atom. The molecule has 0 spiro atoms. The Balaban J connectivity index is 0.000000271. The fourth-order valence-electron chi connectivity index (χ4n) is 2.63. The minimum atomic E-state index is 0.454. The van der Waals surface area contributed by atoms with Crippen LogP contribution < -0.4 is 0 Å². The van der Waals surface area contributed by atoms with E-state index in [-0.39, 0.29) is 0 Å². The van der Waals surface area contributed by atoms with Crippen molar-refractivity contribution >= 4 is 5.78 Å². The molecule has 3 rings (SSSR count). The summed E-state index contributed by atoms with van der Waals surface area (Å²) in [6.07, 6.45) is 13.0.